The summed E-state index contributed by atoms with van der Waals surface area (Å²) in [5, 5.41) is 12.9. The van der Waals surface area contributed by atoms with Crippen LogP contribution in [-0.2, 0) is 4.79 Å². The quantitative estimate of drug-likeness (QED) is 0.886. The SMILES string of the molecule is Cc1ncc(C(=O)NCC2CCCCC2C(=O)O)s1. The number of rotatable bonds is 4. The first kappa shape index (κ1) is 14.0. The molecule has 2 unspecified atom stereocenters. The third-order valence-electron chi connectivity index (χ3n) is 3.60. The monoisotopic (exact) mass is 282 g/mol. The highest BCUT2D eigenvalue weighted by atomic mass is 32.1. The molecule has 5 nitrogen and oxygen atoms in total. The Labute approximate surface area is 116 Å². The Morgan fingerprint density at radius 1 is 1.47 bits per heavy atom. The van der Waals surface area contributed by atoms with Crippen LogP contribution < -0.4 is 5.32 Å². The zero-order chi connectivity index (χ0) is 13.8. The molecule has 1 aromatic rings. The maximum absolute atomic E-state index is 11.9. The number of aliphatic carboxylic acids is 1. The molecule has 0 spiro atoms. The highest BCUT2D eigenvalue weighted by molar-refractivity contribution is 7.13. The molecule has 1 amide bonds. The lowest BCUT2D eigenvalue weighted by molar-refractivity contribution is -0.144. The van der Waals surface area contributed by atoms with Gasteiger partial charge in [-0.25, -0.2) is 4.98 Å². The predicted molar refractivity (Wildman–Crippen MR) is 72.3 cm³/mol. The van der Waals surface area contributed by atoms with Crippen LogP contribution in [0.4, 0.5) is 0 Å². The summed E-state index contributed by atoms with van der Waals surface area (Å²) in [5.41, 5.74) is 0. The van der Waals surface area contributed by atoms with E-state index in [1.54, 1.807) is 6.20 Å². The fourth-order valence-corrected chi connectivity index (χ4v) is 3.25. The topological polar surface area (TPSA) is 79.3 Å². The molecular formula is C13H18N2O3S. The van der Waals surface area contributed by atoms with Crippen molar-refractivity contribution in [3.05, 3.63) is 16.1 Å². The summed E-state index contributed by atoms with van der Waals surface area (Å²) < 4.78 is 0. The molecule has 0 saturated heterocycles. The third-order valence-corrected chi connectivity index (χ3v) is 4.51. The molecule has 1 fully saturated rings. The van der Waals surface area contributed by atoms with Crippen LogP contribution in [0.5, 0.6) is 0 Å². The van der Waals surface area contributed by atoms with Gasteiger partial charge in [-0.1, -0.05) is 12.8 Å². The summed E-state index contributed by atoms with van der Waals surface area (Å²) in [6.45, 7) is 2.29. The fourth-order valence-electron chi connectivity index (χ4n) is 2.55. The first-order chi connectivity index (χ1) is 9.08. The van der Waals surface area contributed by atoms with Crippen molar-refractivity contribution in [1.29, 1.82) is 0 Å². The first-order valence-corrected chi connectivity index (χ1v) is 7.33. The molecule has 1 saturated carbocycles. The van der Waals surface area contributed by atoms with Crippen molar-refractivity contribution < 1.29 is 14.7 Å². The molecule has 104 valence electrons. The number of nitrogens with one attached hydrogen (secondary N) is 1. The summed E-state index contributed by atoms with van der Waals surface area (Å²) in [5.74, 6) is -1.17. The van der Waals surface area contributed by atoms with Crippen molar-refractivity contribution in [2.75, 3.05) is 6.54 Å². The van der Waals surface area contributed by atoms with Crippen molar-refractivity contribution in [1.82, 2.24) is 10.3 Å². The van der Waals surface area contributed by atoms with Crippen LogP contribution in [0.3, 0.4) is 0 Å². The van der Waals surface area contributed by atoms with E-state index in [-0.39, 0.29) is 17.7 Å². The van der Waals surface area contributed by atoms with Gasteiger partial charge in [0.2, 0.25) is 0 Å². The molecule has 2 N–H and O–H groups in total. The van der Waals surface area contributed by atoms with E-state index >= 15 is 0 Å². The third kappa shape index (κ3) is 3.53. The van der Waals surface area contributed by atoms with E-state index in [0.717, 1.165) is 30.7 Å². The van der Waals surface area contributed by atoms with Gasteiger partial charge in [-0.05, 0) is 25.7 Å². The predicted octanol–water partition coefficient (Wildman–Crippen LogP) is 2.07. The first-order valence-electron chi connectivity index (χ1n) is 6.51. The van der Waals surface area contributed by atoms with Crippen LogP contribution >= 0.6 is 11.3 Å². The van der Waals surface area contributed by atoms with Gasteiger partial charge in [-0.2, -0.15) is 0 Å². The second-order valence-corrected chi connectivity index (χ2v) is 6.18. The number of carboxylic acid groups (broad SMARTS) is 1. The smallest absolute Gasteiger partial charge is 0.306 e. The van der Waals surface area contributed by atoms with Crippen LogP contribution in [0.2, 0.25) is 0 Å². The van der Waals surface area contributed by atoms with Crippen LogP contribution in [-0.4, -0.2) is 28.5 Å². The molecule has 1 heterocycles. The Kier molecular flexibility index (Phi) is 4.52. The number of nitrogens with zero attached hydrogens (tertiary/aromatic N) is 1. The van der Waals surface area contributed by atoms with Crippen LogP contribution in [0.1, 0.15) is 40.4 Å². The molecule has 19 heavy (non-hydrogen) atoms. The molecule has 1 aliphatic rings. The second-order valence-electron chi connectivity index (χ2n) is 4.94. The van der Waals surface area contributed by atoms with E-state index in [4.69, 9.17) is 0 Å². The molecule has 1 aromatic heterocycles. The summed E-state index contributed by atoms with van der Waals surface area (Å²) in [6, 6.07) is 0. The minimum Gasteiger partial charge on any atom is -0.481 e. The van der Waals surface area contributed by atoms with Gasteiger partial charge in [0, 0.05) is 6.54 Å². The van der Waals surface area contributed by atoms with Crippen molar-refractivity contribution in [2.45, 2.75) is 32.6 Å². The van der Waals surface area contributed by atoms with Gasteiger partial charge in [0.1, 0.15) is 4.88 Å². The minimum atomic E-state index is -0.743. The average molecular weight is 282 g/mol. The fraction of sp³-hybridized carbons (Fsp3) is 0.615. The van der Waals surface area contributed by atoms with Gasteiger partial charge < -0.3 is 10.4 Å². The standard InChI is InChI=1S/C13H18N2O3S/c1-8-14-7-11(19-8)12(16)15-6-9-4-2-3-5-10(9)13(17)18/h7,9-10H,2-6H2,1H3,(H,15,16)(H,17,18). The molecule has 0 aromatic carbocycles. The van der Waals surface area contributed by atoms with Gasteiger partial charge in [-0.3, -0.25) is 9.59 Å². The Morgan fingerprint density at radius 2 is 2.21 bits per heavy atom. The number of amides is 1. The molecule has 1 aliphatic carbocycles. The molecule has 0 radical (unpaired) electrons. The Balaban J connectivity index is 1.90. The molecule has 6 heteroatoms. The highest BCUT2D eigenvalue weighted by Gasteiger charge is 2.30. The molecule has 0 aliphatic heterocycles. The molecule has 2 rings (SSSR count). The van der Waals surface area contributed by atoms with Crippen LogP contribution in [0, 0.1) is 18.8 Å². The van der Waals surface area contributed by atoms with Crippen molar-refractivity contribution in [3.63, 3.8) is 0 Å². The number of carbonyl (C=O) groups is 2. The average Bonchev–Trinajstić information content (AvgIpc) is 2.83. The van der Waals surface area contributed by atoms with Crippen molar-refractivity contribution >= 4 is 23.2 Å². The van der Waals surface area contributed by atoms with E-state index in [9.17, 15) is 14.7 Å². The number of thiazole rings is 1. The zero-order valence-corrected chi connectivity index (χ0v) is 11.7. The normalized spacial score (nSPS) is 23.0. The Morgan fingerprint density at radius 3 is 2.84 bits per heavy atom. The number of hydrogen-bond donors (Lipinski definition) is 2. The Hall–Kier alpha value is -1.43. The summed E-state index contributed by atoms with van der Waals surface area (Å²) in [7, 11) is 0. The maximum Gasteiger partial charge on any atom is 0.306 e. The highest BCUT2D eigenvalue weighted by Crippen LogP contribution is 2.29. The summed E-state index contributed by atoms with van der Waals surface area (Å²) >= 11 is 1.35. The second kappa shape index (κ2) is 6.14. The van der Waals surface area contributed by atoms with Crippen molar-refractivity contribution in [3.8, 4) is 0 Å². The number of hydrogen-bond acceptors (Lipinski definition) is 4. The van der Waals surface area contributed by atoms with Crippen molar-refractivity contribution in [2.24, 2.45) is 11.8 Å². The van der Waals surface area contributed by atoms with E-state index in [1.807, 2.05) is 6.92 Å². The summed E-state index contributed by atoms with van der Waals surface area (Å²) in [4.78, 5) is 27.7. The number of carboxylic acids is 1. The van der Waals surface area contributed by atoms with Gasteiger partial charge in [0.15, 0.2) is 0 Å². The minimum absolute atomic E-state index is 0.0456. The maximum atomic E-state index is 11.9. The number of carbonyl (C=O) groups excluding carboxylic acids is 1. The van der Waals surface area contributed by atoms with Gasteiger partial charge >= 0.3 is 5.97 Å². The molecule has 0 bridgehead atoms. The lowest BCUT2D eigenvalue weighted by Gasteiger charge is -2.28. The lowest BCUT2D eigenvalue weighted by Crippen LogP contribution is -2.37. The van der Waals surface area contributed by atoms with Gasteiger partial charge in [-0.15, -0.1) is 11.3 Å². The number of aromatic nitrogens is 1. The van der Waals surface area contributed by atoms with Crippen LogP contribution in [0.25, 0.3) is 0 Å². The van der Waals surface area contributed by atoms with Gasteiger partial charge in [0.05, 0.1) is 17.1 Å². The lowest BCUT2D eigenvalue weighted by atomic mass is 9.79. The van der Waals surface area contributed by atoms with Gasteiger partial charge in [0.25, 0.3) is 5.91 Å². The zero-order valence-electron chi connectivity index (χ0n) is 10.9. The number of aryl methyl sites for hydroxylation is 1. The molecule has 2 atom stereocenters. The van der Waals surface area contributed by atoms with E-state index in [0.29, 0.717) is 11.4 Å². The van der Waals surface area contributed by atoms with E-state index in [1.165, 1.54) is 11.3 Å². The van der Waals surface area contributed by atoms with E-state index in [2.05, 4.69) is 10.3 Å². The van der Waals surface area contributed by atoms with Crippen LogP contribution in [0.15, 0.2) is 6.20 Å². The Bertz CT molecular complexity index is 472. The van der Waals surface area contributed by atoms with E-state index < -0.39 is 5.97 Å². The largest absolute Gasteiger partial charge is 0.481 e. The summed E-state index contributed by atoms with van der Waals surface area (Å²) in [6.07, 6.45) is 5.17. The molecular weight excluding hydrogens is 264 g/mol.